The van der Waals surface area contributed by atoms with E-state index < -0.39 is 0 Å². The summed E-state index contributed by atoms with van der Waals surface area (Å²) in [6.07, 6.45) is 10.5. The van der Waals surface area contributed by atoms with Crippen molar-refractivity contribution in [1.29, 1.82) is 0 Å². The summed E-state index contributed by atoms with van der Waals surface area (Å²) < 4.78 is 5.61. The summed E-state index contributed by atoms with van der Waals surface area (Å²) in [5, 5.41) is 3.52. The van der Waals surface area contributed by atoms with Crippen LogP contribution in [0.4, 0.5) is 0 Å². The third-order valence-electron chi connectivity index (χ3n) is 4.92. The van der Waals surface area contributed by atoms with Crippen LogP contribution in [-0.4, -0.2) is 61.3 Å². The lowest BCUT2D eigenvalue weighted by molar-refractivity contribution is 0.192. The van der Waals surface area contributed by atoms with Gasteiger partial charge in [0.05, 0.1) is 0 Å². The summed E-state index contributed by atoms with van der Waals surface area (Å²) in [4.78, 5) is 7.42. The van der Waals surface area contributed by atoms with Gasteiger partial charge in [0.25, 0.3) is 0 Å². The first-order chi connectivity index (χ1) is 11.3. The number of halogens is 1. The van der Waals surface area contributed by atoms with Gasteiger partial charge in [-0.3, -0.25) is 4.99 Å². The van der Waals surface area contributed by atoms with Crippen molar-refractivity contribution in [3.05, 3.63) is 0 Å². The number of hydrogen-bond donors (Lipinski definition) is 1. The molecular formula is C18H36IN3OS. The average Bonchev–Trinajstić information content (AvgIpc) is 2.58. The van der Waals surface area contributed by atoms with Gasteiger partial charge in [-0.2, -0.15) is 11.8 Å². The van der Waals surface area contributed by atoms with E-state index in [4.69, 9.17) is 9.73 Å². The fourth-order valence-corrected chi connectivity index (χ4v) is 5.24. The Hall–Kier alpha value is 0.310. The van der Waals surface area contributed by atoms with Crippen LogP contribution in [0.25, 0.3) is 0 Å². The molecule has 0 radical (unpaired) electrons. The number of unbranched alkanes of at least 4 members (excludes halogenated alkanes) is 2. The lowest BCUT2D eigenvalue weighted by atomic mass is 9.87. The van der Waals surface area contributed by atoms with Crippen LogP contribution in [0.2, 0.25) is 0 Å². The first kappa shape index (κ1) is 22.4. The summed E-state index contributed by atoms with van der Waals surface area (Å²) in [5.74, 6) is 2.39. The van der Waals surface area contributed by atoms with E-state index in [1.54, 1.807) is 7.11 Å². The summed E-state index contributed by atoms with van der Waals surface area (Å²) in [6, 6.07) is 0. The molecule has 24 heavy (non-hydrogen) atoms. The zero-order chi connectivity index (χ0) is 16.4. The van der Waals surface area contributed by atoms with Gasteiger partial charge in [-0.1, -0.05) is 19.3 Å². The van der Waals surface area contributed by atoms with E-state index in [0.717, 1.165) is 45.0 Å². The predicted molar refractivity (Wildman–Crippen MR) is 117 cm³/mol. The fourth-order valence-electron chi connectivity index (χ4n) is 3.67. The van der Waals surface area contributed by atoms with E-state index in [9.17, 15) is 0 Å². The van der Waals surface area contributed by atoms with Gasteiger partial charge in [0.15, 0.2) is 5.96 Å². The van der Waals surface area contributed by atoms with Crippen molar-refractivity contribution in [1.82, 2.24) is 10.2 Å². The molecule has 1 aliphatic carbocycles. The van der Waals surface area contributed by atoms with Gasteiger partial charge in [-0.05, 0) is 39.0 Å². The van der Waals surface area contributed by atoms with E-state index >= 15 is 0 Å². The molecule has 1 spiro atoms. The molecule has 0 atom stereocenters. The Morgan fingerprint density at radius 2 is 2.00 bits per heavy atom. The van der Waals surface area contributed by atoms with Crippen LogP contribution in [0.3, 0.4) is 0 Å². The Labute approximate surface area is 170 Å². The summed E-state index contributed by atoms with van der Waals surface area (Å²) >= 11 is 2.22. The van der Waals surface area contributed by atoms with Gasteiger partial charge >= 0.3 is 0 Å². The SMILES string of the molecule is CCNC(=NCCCCCOC)N1CCSC2(CCCCC2)C1.I. The molecule has 1 heterocycles. The minimum Gasteiger partial charge on any atom is -0.385 e. The number of methoxy groups -OCH3 is 1. The number of guanidine groups is 1. The largest absolute Gasteiger partial charge is 0.385 e. The second-order valence-electron chi connectivity index (χ2n) is 6.80. The number of thioether (sulfide) groups is 1. The highest BCUT2D eigenvalue weighted by atomic mass is 127. The lowest BCUT2D eigenvalue weighted by Crippen LogP contribution is -2.53. The summed E-state index contributed by atoms with van der Waals surface area (Å²) in [5.41, 5.74) is 0. The third kappa shape index (κ3) is 7.28. The second-order valence-corrected chi connectivity index (χ2v) is 8.37. The minimum absolute atomic E-state index is 0. The van der Waals surface area contributed by atoms with E-state index in [-0.39, 0.29) is 24.0 Å². The maximum absolute atomic E-state index is 5.11. The summed E-state index contributed by atoms with van der Waals surface area (Å²) in [7, 11) is 1.77. The molecule has 0 aromatic carbocycles. The van der Waals surface area contributed by atoms with Crippen LogP contribution in [0.15, 0.2) is 4.99 Å². The van der Waals surface area contributed by atoms with Crippen LogP contribution < -0.4 is 5.32 Å². The number of hydrogen-bond acceptors (Lipinski definition) is 3. The number of aliphatic imine (C=N–C) groups is 1. The van der Waals surface area contributed by atoms with Crippen molar-refractivity contribution >= 4 is 41.7 Å². The lowest BCUT2D eigenvalue weighted by Gasteiger charge is -2.45. The molecule has 0 aromatic heterocycles. The van der Waals surface area contributed by atoms with Crippen molar-refractivity contribution in [2.45, 2.75) is 63.0 Å². The smallest absolute Gasteiger partial charge is 0.193 e. The van der Waals surface area contributed by atoms with Gasteiger partial charge < -0.3 is 15.0 Å². The molecule has 2 aliphatic rings. The number of nitrogens with zero attached hydrogens (tertiary/aromatic N) is 2. The molecule has 2 fully saturated rings. The average molecular weight is 469 g/mol. The molecule has 0 amide bonds. The van der Waals surface area contributed by atoms with Crippen LogP contribution in [0, 0.1) is 0 Å². The van der Waals surface area contributed by atoms with E-state index in [2.05, 4.69) is 28.9 Å². The third-order valence-corrected chi connectivity index (χ3v) is 6.45. The maximum atomic E-state index is 5.11. The molecule has 0 unspecified atom stereocenters. The monoisotopic (exact) mass is 469 g/mol. The fraction of sp³-hybridized carbons (Fsp3) is 0.944. The van der Waals surface area contributed by atoms with Crippen molar-refractivity contribution < 1.29 is 4.74 Å². The molecule has 0 aromatic rings. The Morgan fingerprint density at radius 1 is 1.21 bits per heavy atom. The topological polar surface area (TPSA) is 36.9 Å². The Kier molecular flexibility index (Phi) is 11.8. The maximum Gasteiger partial charge on any atom is 0.193 e. The van der Waals surface area contributed by atoms with E-state index in [1.807, 2.05) is 0 Å². The summed E-state index contributed by atoms with van der Waals surface area (Å²) in [6.45, 7) is 7.26. The number of nitrogens with one attached hydrogen (secondary N) is 1. The van der Waals surface area contributed by atoms with Crippen LogP contribution in [0.1, 0.15) is 58.3 Å². The molecule has 1 aliphatic heterocycles. The van der Waals surface area contributed by atoms with Gasteiger partial charge in [0.2, 0.25) is 0 Å². The zero-order valence-corrected chi connectivity index (χ0v) is 18.7. The van der Waals surface area contributed by atoms with Gasteiger partial charge in [0, 0.05) is 50.4 Å². The quantitative estimate of drug-likeness (QED) is 0.263. The molecule has 2 rings (SSSR count). The van der Waals surface area contributed by atoms with Gasteiger partial charge in [-0.25, -0.2) is 0 Å². The molecule has 6 heteroatoms. The molecule has 0 bridgehead atoms. The van der Waals surface area contributed by atoms with Crippen molar-refractivity contribution in [3.63, 3.8) is 0 Å². The van der Waals surface area contributed by atoms with E-state index in [0.29, 0.717) is 4.75 Å². The normalized spacial score (nSPS) is 20.8. The van der Waals surface area contributed by atoms with Crippen LogP contribution in [-0.2, 0) is 4.74 Å². The highest BCUT2D eigenvalue weighted by Gasteiger charge is 2.38. The second kappa shape index (κ2) is 12.6. The van der Waals surface area contributed by atoms with E-state index in [1.165, 1.54) is 50.8 Å². The highest BCUT2D eigenvalue weighted by molar-refractivity contribution is 14.0. The number of rotatable bonds is 7. The first-order valence-corrected chi connectivity index (χ1v) is 10.4. The van der Waals surface area contributed by atoms with Crippen molar-refractivity contribution in [2.24, 2.45) is 4.99 Å². The molecule has 1 saturated heterocycles. The Balaban J connectivity index is 0.00000288. The predicted octanol–water partition coefficient (Wildman–Crippen LogP) is 4.14. The Bertz CT molecular complexity index is 357. The minimum atomic E-state index is 0. The highest BCUT2D eigenvalue weighted by Crippen LogP contribution is 2.42. The molecule has 4 nitrogen and oxygen atoms in total. The first-order valence-electron chi connectivity index (χ1n) is 9.46. The molecule has 142 valence electrons. The van der Waals surface area contributed by atoms with Crippen LogP contribution >= 0.6 is 35.7 Å². The van der Waals surface area contributed by atoms with Crippen LogP contribution in [0.5, 0.6) is 0 Å². The molecular weight excluding hydrogens is 433 g/mol. The van der Waals surface area contributed by atoms with Crippen molar-refractivity contribution in [2.75, 3.05) is 45.6 Å². The molecule has 1 saturated carbocycles. The van der Waals surface area contributed by atoms with Crippen molar-refractivity contribution in [3.8, 4) is 0 Å². The standard InChI is InChI=1S/C18H35N3OS.HI/c1-3-19-17(20-12-8-5-9-14-22-2)21-13-15-23-18(16-21)10-6-4-7-11-18;/h3-16H2,1-2H3,(H,19,20);1H. The molecule has 1 N–H and O–H groups in total. The van der Waals surface area contributed by atoms with Gasteiger partial charge in [-0.15, -0.1) is 24.0 Å². The zero-order valence-electron chi connectivity index (χ0n) is 15.5. The Morgan fingerprint density at radius 3 is 2.71 bits per heavy atom. The number of ether oxygens (including phenoxy) is 1. The van der Waals surface area contributed by atoms with Gasteiger partial charge in [0.1, 0.15) is 0 Å².